The first-order valence-corrected chi connectivity index (χ1v) is 4.84. The molecule has 0 unspecified atom stereocenters. The quantitative estimate of drug-likeness (QED) is 0.819. The maximum Gasteiger partial charge on any atom is 0.162 e. The minimum Gasteiger partial charge on any atom is -0.388 e. The van der Waals surface area contributed by atoms with Gasteiger partial charge < -0.3 is 9.63 Å². The van der Waals surface area contributed by atoms with E-state index < -0.39 is 0 Å². The fraction of sp³-hybridized carbons (Fsp3) is 0.400. The Labute approximate surface area is 87.3 Å². The van der Waals surface area contributed by atoms with E-state index in [1.54, 1.807) is 10.7 Å². The van der Waals surface area contributed by atoms with Crippen molar-refractivity contribution in [1.82, 2.24) is 14.9 Å². The molecule has 0 bridgehead atoms. The van der Waals surface area contributed by atoms with Crippen LogP contribution < -0.4 is 0 Å². The van der Waals surface area contributed by atoms with Crippen LogP contribution in [-0.2, 0) is 20.1 Å². The van der Waals surface area contributed by atoms with E-state index in [0.717, 1.165) is 23.4 Å². The van der Waals surface area contributed by atoms with Crippen molar-refractivity contribution < 1.29 is 9.63 Å². The van der Waals surface area contributed by atoms with Gasteiger partial charge in [0.25, 0.3) is 0 Å². The maximum absolute atomic E-state index is 8.87. The van der Waals surface area contributed by atoms with E-state index in [0.29, 0.717) is 5.76 Å². The minimum atomic E-state index is -0.130. The predicted molar refractivity (Wildman–Crippen MR) is 54.0 cm³/mol. The second-order valence-corrected chi connectivity index (χ2v) is 3.35. The molecule has 0 amide bonds. The van der Waals surface area contributed by atoms with Crippen LogP contribution in [0.1, 0.15) is 18.4 Å². The molecule has 5 heteroatoms. The minimum absolute atomic E-state index is 0.130. The Morgan fingerprint density at radius 3 is 2.93 bits per heavy atom. The molecule has 0 radical (unpaired) electrons. The first-order chi connectivity index (χ1) is 7.24. The number of aliphatic hydroxyl groups excluding tert-OH is 1. The van der Waals surface area contributed by atoms with Gasteiger partial charge in [0, 0.05) is 24.9 Å². The predicted octanol–water partition coefficient (Wildman–Crippen LogP) is 1.13. The highest BCUT2D eigenvalue weighted by Gasteiger charge is 2.12. The van der Waals surface area contributed by atoms with Gasteiger partial charge >= 0.3 is 0 Å². The Hall–Kier alpha value is -1.62. The average Bonchev–Trinajstić information content (AvgIpc) is 2.82. The van der Waals surface area contributed by atoms with Gasteiger partial charge in [-0.2, -0.15) is 5.10 Å². The third-order valence-corrected chi connectivity index (χ3v) is 2.23. The van der Waals surface area contributed by atoms with Crippen LogP contribution in [0.4, 0.5) is 0 Å². The summed E-state index contributed by atoms with van der Waals surface area (Å²) in [6.07, 6.45) is 2.75. The molecule has 5 nitrogen and oxygen atoms in total. The Bertz CT molecular complexity index is 459. The van der Waals surface area contributed by atoms with E-state index in [-0.39, 0.29) is 6.61 Å². The van der Waals surface area contributed by atoms with Gasteiger partial charge in [0.05, 0.1) is 5.69 Å². The molecule has 0 spiro atoms. The molecule has 0 aliphatic rings. The highest BCUT2D eigenvalue weighted by Crippen LogP contribution is 2.22. The lowest BCUT2D eigenvalue weighted by Crippen LogP contribution is -1.89. The number of nitrogens with zero attached hydrogens (tertiary/aromatic N) is 3. The second kappa shape index (κ2) is 3.86. The van der Waals surface area contributed by atoms with E-state index in [1.807, 2.05) is 20.2 Å². The van der Waals surface area contributed by atoms with Crippen LogP contribution in [0.3, 0.4) is 0 Å². The molecule has 2 rings (SSSR count). The van der Waals surface area contributed by atoms with E-state index in [4.69, 9.17) is 9.63 Å². The zero-order chi connectivity index (χ0) is 10.8. The lowest BCUT2D eigenvalue weighted by Gasteiger charge is -1.91. The van der Waals surface area contributed by atoms with Crippen molar-refractivity contribution in [3.05, 3.63) is 23.7 Å². The molecule has 1 N–H and O–H groups in total. The first-order valence-electron chi connectivity index (χ1n) is 4.84. The molecule has 2 aromatic rings. The molecule has 2 heterocycles. The summed E-state index contributed by atoms with van der Waals surface area (Å²) in [5.41, 5.74) is 2.67. The number of aromatic nitrogens is 3. The van der Waals surface area contributed by atoms with Crippen molar-refractivity contribution in [2.24, 2.45) is 7.05 Å². The van der Waals surface area contributed by atoms with Crippen molar-refractivity contribution in [2.75, 3.05) is 0 Å². The van der Waals surface area contributed by atoms with Crippen LogP contribution in [0.25, 0.3) is 11.3 Å². The third-order valence-electron chi connectivity index (χ3n) is 2.23. The number of aliphatic hydroxyl groups is 1. The summed E-state index contributed by atoms with van der Waals surface area (Å²) in [6, 6.07) is 1.73. The van der Waals surface area contributed by atoms with E-state index >= 15 is 0 Å². The third kappa shape index (κ3) is 1.78. The zero-order valence-corrected chi connectivity index (χ0v) is 8.77. The molecule has 0 fully saturated rings. The topological polar surface area (TPSA) is 64.1 Å². The van der Waals surface area contributed by atoms with Crippen molar-refractivity contribution in [3.63, 3.8) is 0 Å². The van der Waals surface area contributed by atoms with E-state index in [1.165, 1.54) is 0 Å². The summed E-state index contributed by atoms with van der Waals surface area (Å²) in [5.74, 6) is 0.468. The standard InChI is InChI=1S/C10H13N3O2/c1-3-9-8(5-13(2)11-9)10-4-7(6-14)15-12-10/h4-5,14H,3,6H2,1-2H3. The van der Waals surface area contributed by atoms with Gasteiger partial charge in [-0.15, -0.1) is 0 Å². The van der Waals surface area contributed by atoms with E-state index in [2.05, 4.69) is 10.3 Å². The SMILES string of the molecule is CCc1nn(C)cc1-c1cc(CO)on1. The number of hydrogen-bond acceptors (Lipinski definition) is 4. The second-order valence-electron chi connectivity index (χ2n) is 3.35. The Kier molecular flexibility index (Phi) is 2.55. The van der Waals surface area contributed by atoms with Gasteiger partial charge in [0.15, 0.2) is 5.76 Å². The monoisotopic (exact) mass is 207 g/mol. The number of rotatable bonds is 3. The van der Waals surface area contributed by atoms with Gasteiger partial charge in [0.2, 0.25) is 0 Å². The van der Waals surface area contributed by atoms with Crippen LogP contribution in [0.5, 0.6) is 0 Å². The molecule has 0 aliphatic carbocycles. The normalized spacial score (nSPS) is 10.9. The van der Waals surface area contributed by atoms with E-state index in [9.17, 15) is 0 Å². The molecule has 0 aromatic carbocycles. The molecular formula is C10H13N3O2. The summed E-state index contributed by atoms with van der Waals surface area (Å²) in [7, 11) is 1.87. The largest absolute Gasteiger partial charge is 0.388 e. The van der Waals surface area contributed by atoms with Crippen molar-refractivity contribution in [3.8, 4) is 11.3 Å². The average molecular weight is 207 g/mol. The van der Waals surface area contributed by atoms with Crippen LogP contribution in [0.2, 0.25) is 0 Å². The van der Waals surface area contributed by atoms with Gasteiger partial charge in [-0.3, -0.25) is 4.68 Å². The van der Waals surface area contributed by atoms with Gasteiger partial charge in [-0.25, -0.2) is 0 Å². The molecule has 15 heavy (non-hydrogen) atoms. The highest BCUT2D eigenvalue weighted by molar-refractivity contribution is 5.60. The fourth-order valence-corrected chi connectivity index (χ4v) is 1.52. The maximum atomic E-state index is 8.87. The van der Waals surface area contributed by atoms with Gasteiger partial charge in [0.1, 0.15) is 12.3 Å². The lowest BCUT2D eigenvalue weighted by molar-refractivity contribution is 0.229. The molecule has 0 aliphatic heterocycles. The van der Waals surface area contributed by atoms with Gasteiger partial charge in [-0.1, -0.05) is 12.1 Å². The summed E-state index contributed by atoms with van der Waals surface area (Å²) >= 11 is 0. The first kappa shape index (κ1) is 9.92. The Morgan fingerprint density at radius 1 is 1.53 bits per heavy atom. The van der Waals surface area contributed by atoms with Crippen LogP contribution in [0, 0.1) is 0 Å². The zero-order valence-electron chi connectivity index (χ0n) is 8.77. The van der Waals surface area contributed by atoms with Crippen LogP contribution >= 0.6 is 0 Å². The number of hydrogen-bond donors (Lipinski definition) is 1. The van der Waals surface area contributed by atoms with Crippen LogP contribution in [-0.4, -0.2) is 20.0 Å². The Balaban J connectivity index is 2.43. The number of aryl methyl sites for hydroxylation is 2. The summed E-state index contributed by atoms with van der Waals surface area (Å²) in [5, 5.41) is 17.1. The van der Waals surface area contributed by atoms with Crippen molar-refractivity contribution in [2.45, 2.75) is 20.0 Å². The molecular weight excluding hydrogens is 194 g/mol. The highest BCUT2D eigenvalue weighted by atomic mass is 16.5. The lowest BCUT2D eigenvalue weighted by atomic mass is 10.1. The smallest absolute Gasteiger partial charge is 0.162 e. The van der Waals surface area contributed by atoms with Gasteiger partial charge in [-0.05, 0) is 6.42 Å². The molecule has 0 atom stereocenters. The van der Waals surface area contributed by atoms with Crippen molar-refractivity contribution in [1.29, 1.82) is 0 Å². The summed E-state index contributed by atoms with van der Waals surface area (Å²) < 4.78 is 6.69. The van der Waals surface area contributed by atoms with Crippen molar-refractivity contribution >= 4 is 0 Å². The summed E-state index contributed by atoms with van der Waals surface area (Å²) in [6.45, 7) is 1.91. The molecule has 80 valence electrons. The molecule has 0 saturated carbocycles. The summed E-state index contributed by atoms with van der Waals surface area (Å²) in [4.78, 5) is 0. The fourth-order valence-electron chi connectivity index (χ4n) is 1.52. The molecule has 0 saturated heterocycles. The Morgan fingerprint density at radius 2 is 2.33 bits per heavy atom. The molecule has 2 aromatic heterocycles. The van der Waals surface area contributed by atoms with Crippen LogP contribution in [0.15, 0.2) is 16.8 Å².